The third kappa shape index (κ3) is 7.89. The van der Waals surface area contributed by atoms with E-state index < -0.39 is 28.5 Å². The third-order valence-corrected chi connectivity index (χ3v) is 8.14. The number of carbonyl (C=O) groups is 2. The van der Waals surface area contributed by atoms with Gasteiger partial charge in [-0.3, -0.25) is 13.9 Å². The molecule has 198 valence electrons. The molecule has 2 atom stereocenters. The number of rotatable bonds is 11. The van der Waals surface area contributed by atoms with Crippen molar-refractivity contribution in [2.24, 2.45) is 0 Å². The summed E-state index contributed by atoms with van der Waals surface area (Å²) in [5.41, 5.74) is 0.609. The molecule has 36 heavy (non-hydrogen) atoms. The van der Waals surface area contributed by atoms with Crippen molar-refractivity contribution in [1.29, 1.82) is 0 Å². The molecule has 0 aliphatic rings. The predicted octanol–water partition coefficient (Wildman–Crippen LogP) is 5.79. The molecule has 0 aromatic heterocycles. The molecule has 0 saturated heterocycles. The predicted molar refractivity (Wildman–Crippen MR) is 148 cm³/mol. The molecule has 2 aromatic rings. The van der Waals surface area contributed by atoms with Crippen LogP contribution in [0.15, 0.2) is 36.4 Å². The summed E-state index contributed by atoms with van der Waals surface area (Å²) in [5, 5.41) is 3.76. The number of hydrogen-bond acceptors (Lipinski definition) is 4. The highest BCUT2D eigenvalue weighted by molar-refractivity contribution is 7.92. The molecule has 1 N–H and O–H groups in total. The number of carbonyl (C=O) groups excluding carboxylic acids is 2. The average Bonchev–Trinajstić information content (AvgIpc) is 2.79. The van der Waals surface area contributed by atoms with Gasteiger partial charge in [0.25, 0.3) is 0 Å². The quantitative estimate of drug-likeness (QED) is 0.356. The minimum Gasteiger partial charge on any atom is -0.352 e. The van der Waals surface area contributed by atoms with Crippen LogP contribution in [0.3, 0.4) is 0 Å². The number of nitrogens with one attached hydrogen (secondary N) is 1. The Hall–Kier alpha value is -1.71. The number of benzene rings is 2. The second kappa shape index (κ2) is 13.2. The summed E-state index contributed by atoms with van der Waals surface area (Å²) in [7, 11) is -3.95. The van der Waals surface area contributed by atoms with Gasteiger partial charge in [0.2, 0.25) is 21.8 Å². The maximum atomic E-state index is 13.7. The zero-order chi connectivity index (χ0) is 27.2. The van der Waals surface area contributed by atoms with Crippen LogP contribution in [0.4, 0.5) is 5.69 Å². The maximum absolute atomic E-state index is 13.7. The summed E-state index contributed by atoms with van der Waals surface area (Å²) in [6.45, 7) is 4.92. The zero-order valence-corrected chi connectivity index (χ0v) is 24.2. The number of amides is 2. The van der Waals surface area contributed by atoms with Crippen molar-refractivity contribution in [3.05, 3.63) is 62.1 Å². The fourth-order valence-electron chi connectivity index (χ4n) is 3.47. The molecule has 0 spiro atoms. The first-order valence-corrected chi connectivity index (χ1v) is 14.6. The molecule has 0 heterocycles. The van der Waals surface area contributed by atoms with Crippen LogP contribution in [0.25, 0.3) is 0 Å². The molecule has 0 aliphatic heterocycles. The zero-order valence-electron chi connectivity index (χ0n) is 20.4. The van der Waals surface area contributed by atoms with Gasteiger partial charge in [-0.1, -0.05) is 72.4 Å². The Morgan fingerprint density at radius 1 is 1.00 bits per heavy atom. The summed E-state index contributed by atoms with van der Waals surface area (Å²) >= 11 is 24.8. The molecule has 0 fully saturated rings. The Balaban J connectivity index is 2.52. The van der Waals surface area contributed by atoms with Crippen molar-refractivity contribution >= 4 is 73.9 Å². The van der Waals surface area contributed by atoms with Gasteiger partial charge in [0.1, 0.15) is 12.6 Å². The van der Waals surface area contributed by atoms with E-state index in [1.54, 1.807) is 19.1 Å². The number of sulfonamides is 1. The molecule has 0 bridgehead atoms. The van der Waals surface area contributed by atoms with Gasteiger partial charge in [-0.25, -0.2) is 8.42 Å². The number of nitrogens with zero attached hydrogens (tertiary/aromatic N) is 2. The van der Waals surface area contributed by atoms with Gasteiger partial charge in [-0.15, -0.1) is 0 Å². The molecular formula is C24H29Cl4N3O4S. The van der Waals surface area contributed by atoms with E-state index in [4.69, 9.17) is 46.4 Å². The second-order valence-electron chi connectivity index (χ2n) is 8.34. The largest absolute Gasteiger partial charge is 0.352 e. The van der Waals surface area contributed by atoms with E-state index in [1.165, 1.54) is 29.2 Å². The van der Waals surface area contributed by atoms with E-state index >= 15 is 0 Å². The summed E-state index contributed by atoms with van der Waals surface area (Å²) in [5.74, 6) is -0.967. The average molecular weight is 597 g/mol. The molecule has 0 saturated carbocycles. The first-order chi connectivity index (χ1) is 16.8. The lowest BCUT2D eigenvalue weighted by molar-refractivity contribution is -0.140. The standard InChI is InChI=1S/C24H29Cl4N3O4S/c1-5-15(3)29-24(33)20(6-2)30(13-16-10-11-17(25)12-19(16)27)22(32)14-31(36(4,34)35)21-9-7-8-18(26)23(21)28/h7-12,15,20H,5-6,13-14H2,1-4H3,(H,29,33)/t15-,20-/m1/s1. The SMILES string of the molecule is CC[C@@H](C)NC(=O)[C@@H](CC)N(Cc1ccc(Cl)cc1Cl)C(=O)CN(c1cccc(Cl)c1Cl)S(C)(=O)=O. The summed E-state index contributed by atoms with van der Waals surface area (Å²) < 4.78 is 26.3. The number of halogens is 4. The molecule has 7 nitrogen and oxygen atoms in total. The second-order valence-corrected chi connectivity index (χ2v) is 11.9. The van der Waals surface area contributed by atoms with Crippen molar-refractivity contribution in [1.82, 2.24) is 10.2 Å². The van der Waals surface area contributed by atoms with Crippen LogP contribution in [0.1, 0.15) is 39.2 Å². The van der Waals surface area contributed by atoms with E-state index in [1.807, 2.05) is 13.8 Å². The van der Waals surface area contributed by atoms with E-state index in [0.29, 0.717) is 22.0 Å². The van der Waals surface area contributed by atoms with Crippen molar-refractivity contribution in [3.63, 3.8) is 0 Å². The Labute approximate surface area is 232 Å². The van der Waals surface area contributed by atoms with E-state index in [2.05, 4.69) is 5.32 Å². The van der Waals surface area contributed by atoms with Crippen LogP contribution >= 0.6 is 46.4 Å². The van der Waals surface area contributed by atoms with E-state index in [-0.39, 0.29) is 40.6 Å². The van der Waals surface area contributed by atoms with Crippen LogP contribution in [-0.2, 0) is 26.2 Å². The van der Waals surface area contributed by atoms with Crippen LogP contribution in [-0.4, -0.2) is 50.0 Å². The lowest BCUT2D eigenvalue weighted by Crippen LogP contribution is -2.53. The van der Waals surface area contributed by atoms with Crippen LogP contribution in [0.5, 0.6) is 0 Å². The van der Waals surface area contributed by atoms with Gasteiger partial charge < -0.3 is 10.2 Å². The van der Waals surface area contributed by atoms with Gasteiger partial charge in [0.05, 0.1) is 22.0 Å². The van der Waals surface area contributed by atoms with Gasteiger partial charge in [-0.2, -0.15) is 0 Å². The molecule has 0 unspecified atom stereocenters. The van der Waals surface area contributed by atoms with E-state index in [0.717, 1.165) is 10.6 Å². The molecule has 2 rings (SSSR count). The van der Waals surface area contributed by atoms with Gasteiger partial charge in [0.15, 0.2) is 0 Å². The Bertz CT molecular complexity index is 1210. The Morgan fingerprint density at radius 2 is 1.67 bits per heavy atom. The molecule has 0 aliphatic carbocycles. The smallest absolute Gasteiger partial charge is 0.244 e. The Kier molecular flexibility index (Phi) is 11.2. The van der Waals surface area contributed by atoms with E-state index in [9.17, 15) is 18.0 Å². The lowest BCUT2D eigenvalue weighted by atomic mass is 10.1. The summed E-state index contributed by atoms with van der Waals surface area (Å²) in [4.78, 5) is 28.2. The lowest BCUT2D eigenvalue weighted by Gasteiger charge is -2.33. The van der Waals surface area contributed by atoms with Crippen molar-refractivity contribution < 1.29 is 18.0 Å². The third-order valence-electron chi connectivity index (χ3n) is 5.62. The van der Waals surface area contributed by atoms with Crippen molar-refractivity contribution in [2.75, 3.05) is 17.1 Å². The van der Waals surface area contributed by atoms with Crippen molar-refractivity contribution in [3.8, 4) is 0 Å². The first kappa shape index (κ1) is 30.5. The summed E-state index contributed by atoms with van der Waals surface area (Å²) in [6, 6.07) is 8.33. The molecule has 2 aromatic carbocycles. The normalized spacial score (nSPS) is 13.1. The van der Waals surface area contributed by atoms with Crippen molar-refractivity contribution in [2.45, 2.75) is 52.2 Å². The van der Waals surface area contributed by atoms with Crippen LogP contribution < -0.4 is 9.62 Å². The number of hydrogen-bond donors (Lipinski definition) is 1. The highest BCUT2D eigenvalue weighted by Crippen LogP contribution is 2.34. The fraction of sp³-hybridized carbons (Fsp3) is 0.417. The number of anilines is 1. The molecule has 12 heteroatoms. The fourth-order valence-corrected chi connectivity index (χ4v) is 5.24. The monoisotopic (exact) mass is 595 g/mol. The van der Waals surface area contributed by atoms with Crippen LogP contribution in [0.2, 0.25) is 20.1 Å². The minimum atomic E-state index is -3.95. The first-order valence-electron chi connectivity index (χ1n) is 11.3. The molecule has 2 amide bonds. The minimum absolute atomic E-state index is 0.00811. The molecular weight excluding hydrogens is 568 g/mol. The van der Waals surface area contributed by atoms with Gasteiger partial charge in [0, 0.05) is 22.6 Å². The Morgan fingerprint density at radius 3 is 2.22 bits per heavy atom. The maximum Gasteiger partial charge on any atom is 0.244 e. The topological polar surface area (TPSA) is 86.8 Å². The highest BCUT2D eigenvalue weighted by Gasteiger charge is 2.33. The summed E-state index contributed by atoms with van der Waals surface area (Å²) in [6.07, 6.45) is 1.95. The van der Waals surface area contributed by atoms with Gasteiger partial charge in [-0.05, 0) is 49.6 Å². The molecule has 0 radical (unpaired) electrons. The van der Waals surface area contributed by atoms with Crippen LogP contribution in [0, 0.1) is 0 Å². The highest BCUT2D eigenvalue weighted by atomic mass is 35.5. The van der Waals surface area contributed by atoms with Gasteiger partial charge >= 0.3 is 0 Å².